The zero-order valence-corrected chi connectivity index (χ0v) is 13.0. The highest BCUT2D eigenvalue weighted by Gasteiger charge is 2.53. The molecule has 0 N–H and O–H groups in total. The Morgan fingerprint density at radius 3 is 2.71 bits per heavy atom. The summed E-state index contributed by atoms with van der Waals surface area (Å²) in [4.78, 5) is 0. The molecule has 0 saturated carbocycles. The maximum absolute atomic E-state index is 6.57. The van der Waals surface area contributed by atoms with E-state index in [0.29, 0.717) is 6.61 Å². The fourth-order valence-corrected chi connectivity index (χ4v) is 4.32. The van der Waals surface area contributed by atoms with Crippen molar-refractivity contribution in [2.75, 3.05) is 0 Å². The quantitative estimate of drug-likeness (QED) is 0.368. The Morgan fingerprint density at radius 2 is 1.71 bits per heavy atom. The third-order valence-corrected chi connectivity index (χ3v) is 5.36. The largest absolute Gasteiger partial charge is 0.630 e. The number of hydrogen-bond donors (Lipinski definition) is 0. The molecule has 0 fully saturated rings. The van der Waals surface area contributed by atoms with Gasteiger partial charge in [-0.25, -0.2) is 0 Å². The van der Waals surface area contributed by atoms with Crippen molar-refractivity contribution in [3.05, 3.63) is 78.5 Å². The van der Waals surface area contributed by atoms with Crippen LogP contribution in [0.3, 0.4) is 0 Å². The van der Waals surface area contributed by atoms with Crippen molar-refractivity contribution in [1.29, 1.82) is 0 Å². The van der Waals surface area contributed by atoms with Gasteiger partial charge in [0.05, 0.1) is 11.1 Å². The molecule has 4 heteroatoms. The Balaban J connectivity index is 1.83. The van der Waals surface area contributed by atoms with Gasteiger partial charge >= 0.3 is 6.69 Å². The van der Waals surface area contributed by atoms with Crippen molar-refractivity contribution in [3.8, 4) is 5.75 Å². The SMILES string of the molecule is c1ccc2c(c1)CO[B@-]21Oc2cccc3ccc4ccc[n+]1c4c23. The summed E-state index contributed by atoms with van der Waals surface area (Å²) in [6.07, 6.45) is 2.08. The topological polar surface area (TPSA) is 22.3 Å². The van der Waals surface area contributed by atoms with Crippen LogP contribution in [0.15, 0.2) is 72.9 Å². The van der Waals surface area contributed by atoms with Crippen LogP contribution in [0, 0.1) is 0 Å². The molecular weight excluding hydrogens is 297 g/mol. The summed E-state index contributed by atoms with van der Waals surface area (Å²) in [6, 6.07) is 23.1. The van der Waals surface area contributed by atoms with Crippen molar-refractivity contribution < 1.29 is 13.8 Å². The minimum atomic E-state index is -1.74. The summed E-state index contributed by atoms with van der Waals surface area (Å²) in [5.74, 6) is 0.904. The van der Waals surface area contributed by atoms with Crippen molar-refractivity contribution in [1.82, 2.24) is 0 Å². The van der Waals surface area contributed by atoms with E-state index in [9.17, 15) is 0 Å². The molecule has 1 aromatic heterocycles. The molecular formula is C20H14BNO2. The van der Waals surface area contributed by atoms with Crippen LogP contribution in [0.25, 0.3) is 21.7 Å². The molecule has 0 amide bonds. The van der Waals surface area contributed by atoms with Gasteiger partial charge in [-0.3, -0.25) is 0 Å². The summed E-state index contributed by atoms with van der Waals surface area (Å²) in [5.41, 5.74) is 3.53. The second kappa shape index (κ2) is 4.16. The Hall–Kier alpha value is -2.85. The second-order valence-electron chi connectivity index (χ2n) is 6.57. The monoisotopic (exact) mass is 311 g/mol. The molecule has 4 aromatic rings. The molecule has 24 heavy (non-hydrogen) atoms. The molecule has 0 bridgehead atoms. The Kier molecular flexibility index (Phi) is 2.18. The third kappa shape index (κ3) is 1.36. The third-order valence-electron chi connectivity index (χ3n) is 5.36. The van der Waals surface area contributed by atoms with E-state index in [1.807, 2.05) is 12.1 Å². The molecule has 2 aliphatic rings. The van der Waals surface area contributed by atoms with Gasteiger partial charge in [-0.15, -0.1) is 0 Å². The molecule has 2 aliphatic heterocycles. The van der Waals surface area contributed by atoms with Gasteiger partial charge in [0, 0.05) is 12.0 Å². The summed E-state index contributed by atoms with van der Waals surface area (Å²) < 4.78 is 15.1. The molecule has 3 aromatic carbocycles. The highest BCUT2D eigenvalue weighted by molar-refractivity contribution is 6.76. The minimum absolute atomic E-state index is 0.581. The van der Waals surface area contributed by atoms with Crippen LogP contribution in [-0.4, -0.2) is 6.69 Å². The Morgan fingerprint density at radius 1 is 0.833 bits per heavy atom. The van der Waals surface area contributed by atoms with Gasteiger partial charge in [0.25, 0.3) is 0 Å². The lowest BCUT2D eigenvalue weighted by atomic mass is 9.62. The van der Waals surface area contributed by atoms with Gasteiger partial charge in [0.2, 0.25) is 0 Å². The van der Waals surface area contributed by atoms with E-state index in [0.717, 1.165) is 16.6 Å². The second-order valence-corrected chi connectivity index (χ2v) is 6.57. The zero-order chi connectivity index (χ0) is 15.7. The normalized spacial score (nSPS) is 20.7. The fraction of sp³-hybridized carbons (Fsp3) is 0.0500. The molecule has 6 rings (SSSR count). The number of fused-ring (bicyclic) bond motifs is 3. The van der Waals surface area contributed by atoms with Crippen molar-refractivity contribution >= 4 is 33.8 Å². The number of hydrogen-bond acceptors (Lipinski definition) is 2. The first-order chi connectivity index (χ1) is 11.9. The van der Waals surface area contributed by atoms with E-state index >= 15 is 0 Å². The molecule has 3 nitrogen and oxygen atoms in total. The highest BCUT2D eigenvalue weighted by Crippen LogP contribution is 2.37. The van der Waals surface area contributed by atoms with Gasteiger partial charge in [-0.05, 0) is 40.7 Å². The van der Waals surface area contributed by atoms with Crippen LogP contribution in [0.2, 0.25) is 0 Å². The van der Waals surface area contributed by atoms with Gasteiger partial charge in [-0.2, -0.15) is 0 Å². The van der Waals surface area contributed by atoms with Crippen molar-refractivity contribution in [2.45, 2.75) is 6.61 Å². The molecule has 0 radical (unpaired) electrons. The van der Waals surface area contributed by atoms with E-state index in [-0.39, 0.29) is 0 Å². The number of nitrogens with zero attached hydrogens (tertiary/aromatic N) is 1. The number of aromatic nitrogens is 1. The average molecular weight is 311 g/mol. The van der Waals surface area contributed by atoms with E-state index in [1.165, 1.54) is 21.9 Å². The lowest BCUT2D eigenvalue weighted by Crippen LogP contribution is -2.76. The predicted molar refractivity (Wildman–Crippen MR) is 94.3 cm³/mol. The van der Waals surface area contributed by atoms with E-state index in [2.05, 4.69) is 65.3 Å². The van der Waals surface area contributed by atoms with Crippen LogP contribution in [-0.2, 0) is 11.3 Å². The van der Waals surface area contributed by atoms with Crippen molar-refractivity contribution in [3.63, 3.8) is 0 Å². The molecule has 1 spiro atoms. The number of pyridine rings is 1. The first kappa shape index (κ1) is 12.6. The van der Waals surface area contributed by atoms with Gasteiger partial charge in [0.1, 0.15) is 6.20 Å². The summed E-state index contributed by atoms with van der Waals surface area (Å²) >= 11 is 0. The molecule has 114 valence electrons. The number of rotatable bonds is 0. The van der Waals surface area contributed by atoms with Crippen LogP contribution in [0.1, 0.15) is 5.56 Å². The highest BCUT2D eigenvalue weighted by atomic mass is 16.6. The maximum atomic E-state index is 6.57. The minimum Gasteiger partial charge on any atom is -0.629 e. The first-order valence-electron chi connectivity index (χ1n) is 8.28. The van der Waals surface area contributed by atoms with Crippen LogP contribution in [0.4, 0.5) is 0 Å². The molecule has 1 atom stereocenters. The van der Waals surface area contributed by atoms with Gasteiger partial charge in [0.15, 0.2) is 5.52 Å². The molecule has 0 aliphatic carbocycles. The lowest BCUT2D eigenvalue weighted by Gasteiger charge is -2.36. The molecule has 3 heterocycles. The van der Waals surface area contributed by atoms with E-state index < -0.39 is 6.69 Å². The van der Waals surface area contributed by atoms with E-state index in [1.54, 1.807) is 0 Å². The van der Waals surface area contributed by atoms with Crippen LogP contribution >= 0.6 is 0 Å². The summed E-state index contributed by atoms with van der Waals surface area (Å²) in [6.45, 7) is -1.16. The first-order valence-corrected chi connectivity index (χ1v) is 8.28. The predicted octanol–water partition coefficient (Wildman–Crippen LogP) is 2.90. The number of benzene rings is 3. The van der Waals surface area contributed by atoms with Crippen LogP contribution < -0.4 is 14.6 Å². The Bertz CT molecular complexity index is 1160. The van der Waals surface area contributed by atoms with E-state index in [4.69, 9.17) is 9.31 Å². The smallest absolute Gasteiger partial charge is 0.629 e. The average Bonchev–Trinajstić information content (AvgIpc) is 3.00. The maximum Gasteiger partial charge on any atom is 0.630 e. The van der Waals surface area contributed by atoms with Gasteiger partial charge < -0.3 is 13.8 Å². The molecule has 0 saturated heterocycles. The summed E-state index contributed by atoms with van der Waals surface area (Å²) in [5, 5.41) is 3.56. The fourth-order valence-electron chi connectivity index (χ4n) is 4.32. The zero-order valence-electron chi connectivity index (χ0n) is 13.0. The van der Waals surface area contributed by atoms with Crippen LogP contribution in [0.5, 0.6) is 5.75 Å². The standard InChI is InChI=1S/C20H14BNO2/c1-2-8-17-16(5-1)13-23-21(17)22-12-4-7-15-11-10-14-6-3-9-18(24-21)19(14)20(15)22/h1-12H,13H2/t21-/m0/s1. The summed E-state index contributed by atoms with van der Waals surface area (Å²) in [7, 11) is 0. The Labute approximate surface area is 139 Å². The lowest BCUT2D eigenvalue weighted by molar-refractivity contribution is -0.543. The van der Waals surface area contributed by atoms with Gasteiger partial charge in [-0.1, -0.05) is 42.5 Å². The molecule has 0 unspecified atom stereocenters. The van der Waals surface area contributed by atoms with Crippen molar-refractivity contribution in [2.24, 2.45) is 0 Å².